The highest BCUT2D eigenvalue weighted by Crippen LogP contribution is 2.33. The number of benzene rings is 3. The monoisotopic (exact) mass is 487 g/mol. The third-order valence-electron chi connectivity index (χ3n) is 6.77. The van der Waals surface area contributed by atoms with Gasteiger partial charge >= 0.3 is 0 Å². The zero-order valence-corrected chi connectivity index (χ0v) is 20.4. The maximum atomic E-state index is 13.3. The molecule has 186 valence electrons. The van der Waals surface area contributed by atoms with Crippen LogP contribution < -0.4 is 15.4 Å². The number of piperidine rings is 1. The predicted octanol–water partition coefficient (Wildman–Crippen LogP) is 5.78. The second kappa shape index (κ2) is 10.5. The van der Waals surface area contributed by atoms with Gasteiger partial charge in [0.2, 0.25) is 0 Å². The fraction of sp³-hybridized carbons (Fsp3) is 0.310. The van der Waals surface area contributed by atoms with Crippen molar-refractivity contribution < 1.29 is 18.7 Å². The Morgan fingerprint density at radius 2 is 1.92 bits per heavy atom. The van der Waals surface area contributed by atoms with Gasteiger partial charge in [-0.1, -0.05) is 30.7 Å². The summed E-state index contributed by atoms with van der Waals surface area (Å²) >= 11 is 0. The first-order valence-corrected chi connectivity index (χ1v) is 12.4. The molecular formula is C29H30FN3O3. The summed E-state index contributed by atoms with van der Waals surface area (Å²) in [6, 6.07) is 18.4. The number of carbonyl (C=O) groups excluding carboxylic acids is 2. The Hall–Kier alpha value is -3.71. The fourth-order valence-corrected chi connectivity index (χ4v) is 4.82. The Balaban J connectivity index is 1.41. The minimum absolute atomic E-state index is 0.222. The first-order chi connectivity index (χ1) is 17.5. The number of halogens is 1. The van der Waals surface area contributed by atoms with E-state index >= 15 is 0 Å². The number of carbonyl (C=O) groups is 2. The second-order valence-corrected chi connectivity index (χ2v) is 9.46. The minimum atomic E-state index is -0.555. The molecule has 1 unspecified atom stereocenters. The molecule has 6 nitrogen and oxygen atoms in total. The average molecular weight is 488 g/mol. The van der Waals surface area contributed by atoms with Gasteiger partial charge in [-0.2, -0.15) is 0 Å². The predicted molar refractivity (Wildman–Crippen MR) is 139 cm³/mol. The van der Waals surface area contributed by atoms with Gasteiger partial charge in [0, 0.05) is 17.8 Å². The summed E-state index contributed by atoms with van der Waals surface area (Å²) in [5, 5.41) is 5.74. The Morgan fingerprint density at radius 1 is 1.08 bits per heavy atom. The molecular weight excluding hydrogens is 457 g/mol. The summed E-state index contributed by atoms with van der Waals surface area (Å²) in [6.45, 7) is 3.97. The maximum absolute atomic E-state index is 13.3. The molecule has 5 rings (SSSR count). The van der Waals surface area contributed by atoms with Crippen LogP contribution in [0.4, 0.5) is 15.8 Å². The number of ether oxygens (including phenoxy) is 1. The van der Waals surface area contributed by atoms with Gasteiger partial charge < -0.3 is 15.4 Å². The molecule has 0 aliphatic carbocycles. The molecule has 2 heterocycles. The summed E-state index contributed by atoms with van der Waals surface area (Å²) in [6.07, 6.45) is 3.03. The van der Waals surface area contributed by atoms with E-state index < -0.39 is 12.8 Å². The van der Waals surface area contributed by atoms with Crippen LogP contribution in [0.5, 0.6) is 5.75 Å². The molecule has 2 aliphatic heterocycles. The van der Waals surface area contributed by atoms with Gasteiger partial charge in [-0.25, -0.2) is 4.39 Å². The summed E-state index contributed by atoms with van der Waals surface area (Å²) in [5.74, 6) is 0.111. The number of amides is 2. The molecule has 36 heavy (non-hydrogen) atoms. The second-order valence-electron chi connectivity index (χ2n) is 9.46. The average Bonchev–Trinajstić information content (AvgIpc) is 2.90. The number of rotatable bonds is 6. The van der Waals surface area contributed by atoms with Gasteiger partial charge in [0.25, 0.3) is 11.8 Å². The topological polar surface area (TPSA) is 70.7 Å². The molecule has 0 aromatic heterocycles. The van der Waals surface area contributed by atoms with Gasteiger partial charge in [-0.3, -0.25) is 14.5 Å². The van der Waals surface area contributed by atoms with Crippen LogP contribution in [-0.4, -0.2) is 35.9 Å². The molecule has 0 bridgehead atoms. The minimum Gasteiger partial charge on any atom is -0.479 e. The number of hydrogen-bond donors (Lipinski definition) is 2. The quantitative estimate of drug-likeness (QED) is 0.462. The van der Waals surface area contributed by atoms with Crippen molar-refractivity contribution in [2.24, 2.45) is 0 Å². The van der Waals surface area contributed by atoms with Gasteiger partial charge in [0.15, 0.2) is 6.10 Å². The zero-order chi connectivity index (χ0) is 25.1. The molecule has 1 atom stereocenters. The summed E-state index contributed by atoms with van der Waals surface area (Å²) in [5.41, 5.74) is 5.27. The molecule has 3 aromatic rings. The number of likely N-dealkylation sites (tertiary alicyclic amines) is 1. The van der Waals surface area contributed by atoms with E-state index in [-0.39, 0.29) is 11.8 Å². The van der Waals surface area contributed by atoms with Crippen LogP contribution >= 0.6 is 0 Å². The molecule has 2 N–H and O–H groups in total. The van der Waals surface area contributed by atoms with E-state index in [4.69, 9.17) is 4.74 Å². The van der Waals surface area contributed by atoms with Crippen molar-refractivity contribution in [2.45, 2.75) is 45.5 Å². The summed E-state index contributed by atoms with van der Waals surface area (Å²) in [4.78, 5) is 27.6. The van der Waals surface area contributed by atoms with Crippen LogP contribution in [0.1, 0.15) is 47.7 Å². The Bertz CT molecular complexity index is 1290. The molecule has 1 saturated heterocycles. The highest BCUT2D eigenvalue weighted by atomic mass is 19.1. The zero-order valence-electron chi connectivity index (χ0n) is 20.4. The lowest BCUT2D eigenvalue weighted by molar-refractivity contribution is -0.122. The largest absolute Gasteiger partial charge is 0.479 e. The molecule has 3 aromatic carbocycles. The third kappa shape index (κ3) is 5.26. The highest BCUT2D eigenvalue weighted by Gasteiger charge is 2.24. The number of anilines is 2. The number of alkyl halides is 1. The Kier molecular flexibility index (Phi) is 7.00. The fourth-order valence-electron chi connectivity index (χ4n) is 4.82. The SMILES string of the molecule is CC1Oc2ccc(NC(=O)c3ccc(-c4cccc(CF)c4)c(CN4CCCCC4)c3)cc2NC1=O. The smallest absolute Gasteiger partial charge is 0.265 e. The highest BCUT2D eigenvalue weighted by molar-refractivity contribution is 6.05. The van der Waals surface area contributed by atoms with E-state index in [9.17, 15) is 14.0 Å². The van der Waals surface area contributed by atoms with Crippen molar-refractivity contribution >= 4 is 23.2 Å². The molecule has 2 amide bonds. The van der Waals surface area contributed by atoms with E-state index in [0.717, 1.165) is 36.3 Å². The maximum Gasteiger partial charge on any atom is 0.265 e. The van der Waals surface area contributed by atoms with Gasteiger partial charge in [-0.05, 0) is 91.5 Å². The number of hydrogen-bond acceptors (Lipinski definition) is 4. The molecule has 7 heteroatoms. The summed E-state index contributed by atoms with van der Waals surface area (Å²) < 4.78 is 18.9. The van der Waals surface area contributed by atoms with Crippen LogP contribution in [0.15, 0.2) is 60.7 Å². The van der Waals surface area contributed by atoms with Crippen LogP contribution in [-0.2, 0) is 18.0 Å². The van der Waals surface area contributed by atoms with Crippen molar-refractivity contribution in [2.75, 3.05) is 23.7 Å². The van der Waals surface area contributed by atoms with Crippen LogP contribution in [0.2, 0.25) is 0 Å². The van der Waals surface area contributed by atoms with Gasteiger partial charge in [0.05, 0.1) is 5.69 Å². The first kappa shape index (κ1) is 24.0. The Labute approximate surface area is 210 Å². The Morgan fingerprint density at radius 3 is 2.72 bits per heavy atom. The van der Waals surface area contributed by atoms with Gasteiger partial charge in [0.1, 0.15) is 12.4 Å². The van der Waals surface area contributed by atoms with Crippen LogP contribution in [0.3, 0.4) is 0 Å². The first-order valence-electron chi connectivity index (χ1n) is 12.4. The van der Waals surface area contributed by atoms with Gasteiger partial charge in [-0.15, -0.1) is 0 Å². The van der Waals surface area contributed by atoms with Crippen molar-refractivity contribution in [1.82, 2.24) is 4.90 Å². The number of nitrogens with one attached hydrogen (secondary N) is 2. The van der Waals surface area contributed by atoms with Crippen molar-refractivity contribution in [1.29, 1.82) is 0 Å². The van der Waals surface area contributed by atoms with E-state index in [1.165, 1.54) is 19.3 Å². The van der Waals surface area contributed by atoms with E-state index in [0.29, 0.717) is 28.3 Å². The van der Waals surface area contributed by atoms with Crippen molar-refractivity contribution in [3.8, 4) is 16.9 Å². The normalized spacial score (nSPS) is 17.6. The molecule has 0 spiro atoms. The lowest BCUT2D eigenvalue weighted by Crippen LogP contribution is -2.34. The molecule has 2 aliphatic rings. The van der Waals surface area contributed by atoms with Crippen molar-refractivity contribution in [3.05, 3.63) is 77.4 Å². The third-order valence-corrected chi connectivity index (χ3v) is 6.77. The lowest BCUT2D eigenvalue weighted by atomic mass is 9.95. The number of nitrogens with zero attached hydrogens (tertiary/aromatic N) is 1. The number of fused-ring (bicyclic) bond motifs is 1. The van der Waals surface area contributed by atoms with Crippen LogP contribution in [0.25, 0.3) is 11.1 Å². The molecule has 1 fully saturated rings. The van der Waals surface area contributed by atoms with E-state index in [1.807, 2.05) is 30.3 Å². The van der Waals surface area contributed by atoms with E-state index in [1.54, 1.807) is 37.3 Å². The summed E-state index contributed by atoms with van der Waals surface area (Å²) in [7, 11) is 0. The lowest BCUT2D eigenvalue weighted by Gasteiger charge is -2.27. The molecule has 0 radical (unpaired) electrons. The standard InChI is InChI=1S/C29H30FN3O3/c1-19-28(34)32-26-16-24(9-11-27(26)36-19)31-29(35)22-8-10-25(21-7-5-6-20(14-21)17-30)23(15-22)18-33-12-3-2-4-13-33/h5-11,14-16,19H,2-4,12-13,17-18H2,1H3,(H,31,35)(H,32,34). The van der Waals surface area contributed by atoms with Crippen LogP contribution in [0, 0.1) is 0 Å². The van der Waals surface area contributed by atoms with Crippen molar-refractivity contribution in [3.63, 3.8) is 0 Å². The molecule has 0 saturated carbocycles. The van der Waals surface area contributed by atoms with E-state index in [2.05, 4.69) is 15.5 Å².